The van der Waals surface area contributed by atoms with E-state index in [-0.39, 0.29) is 0 Å². The zero-order valence-corrected chi connectivity index (χ0v) is 17.6. The Labute approximate surface area is 167 Å². The lowest BCUT2D eigenvalue weighted by molar-refractivity contribution is -0.181. The molecule has 2 atom stereocenters. The molecule has 0 aromatic heterocycles. The van der Waals surface area contributed by atoms with Gasteiger partial charge in [0.1, 0.15) is 6.04 Å². The van der Waals surface area contributed by atoms with E-state index in [9.17, 15) is 13.2 Å². The summed E-state index contributed by atoms with van der Waals surface area (Å²) in [6, 6.07) is -1.01. The largest absolute Gasteiger partial charge is 0.403 e. The number of halogens is 3. The number of piperazine rings is 1. The van der Waals surface area contributed by atoms with E-state index in [1.807, 2.05) is 0 Å². The van der Waals surface area contributed by atoms with E-state index in [1.54, 1.807) is 7.05 Å². The van der Waals surface area contributed by atoms with Crippen LogP contribution in [0.25, 0.3) is 0 Å². The van der Waals surface area contributed by atoms with Gasteiger partial charge in [-0.1, -0.05) is 13.8 Å². The molecule has 6 nitrogen and oxygen atoms in total. The Bertz CT molecular complexity index is 486. The SMILES string of the molecule is CN=C(NCC(CC(C)C)N1CCOCC1)N1CCN(C(C)C(F)(F)F)CC1. The maximum absolute atomic E-state index is 12.9. The van der Waals surface area contributed by atoms with E-state index in [0.717, 1.165) is 45.2 Å². The Kier molecular flexibility index (Phi) is 8.82. The molecule has 9 heteroatoms. The molecule has 0 bridgehead atoms. The zero-order valence-electron chi connectivity index (χ0n) is 17.6. The van der Waals surface area contributed by atoms with E-state index in [4.69, 9.17) is 4.74 Å². The van der Waals surface area contributed by atoms with Crippen molar-refractivity contribution in [2.75, 3.05) is 66.1 Å². The second-order valence-corrected chi connectivity index (χ2v) is 8.10. The van der Waals surface area contributed by atoms with Gasteiger partial charge in [-0.05, 0) is 19.3 Å². The number of aliphatic imine (C=N–C) groups is 1. The van der Waals surface area contributed by atoms with Crippen LogP contribution < -0.4 is 5.32 Å². The molecule has 164 valence electrons. The van der Waals surface area contributed by atoms with Crippen LogP contribution in [0.5, 0.6) is 0 Å². The first-order valence-corrected chi connectivity index (χ1v) is 10.3. The van der Waals surface area contributed by atoms with Gasteiger partial charge in [0, 0.05) is 58.9 Å². The van der Waals surface area contributed by atoms with Crippen molar-refractivity contribution in [2.24, 2.45) is 10.9 Å². The van der Waals surface area contributed by atoms with Crippen molar-refractivity contribution >= 4 is 5.96 Å². The average Bonchev–Trinajstić information content (AvgIpc) is 2.67. The van der Waals surface area contributed by atoms with Gasteiger partial charge in [-0.15, -0.1) is 0 Å². The standard InChI is InChI=1S/C19H36F3N5O/c1-15(2)13-17(26-9-11-28-12-10-26)14-24-18(23-4)27-7-5-25(6-8-27)16(3)19(20,21)22/h15-17H,5-14H2,1-4H3,(H,23,24). The van der Waals surface area contributed by atoms with Crippen molar-refractivity contribution in [2.45, 2.75) is 45.5 Å². The van der Waals surface area contributed by atoms with Gasteiger partial charge in [-0.2, -0.15) is 13.2 Å². The minimum atomic E-state index is -4.18. The van der Waals surface area contributed by atoms with Crippen molar-refractivity contribution in [3.63, 3.8) is 0 Å². The lowest BCUT2D eigenvalue weighted by atomic mass is 10.0. The topological polar surface area (TPSA) is 43.3 Å². The van der Waals surface area contributed by atoms with Gasteiger partial charge in [0.15, 0.2) is 5.96 Å². The van der Waals surface area contributed by atoms with Gasteiger partial charge in [0.25, 0.3) is 0 Å². The summed E-state index contributed by atoms with van der Waals surface area (Å²) in [5.74, 6) is 1.37. The Morgan fingerprint density at radius 1 is 1.00 bits per heavy atom. The lowest BCUT2D eigenvalue weighted by Gasteiger charge is -2.40. The molecular weight excluding hydrogens is 371 g/mol. The molecular formula is C19H36F3N5O. The number of nitrogens with one attached hydrogen (secondary N) is 1. The number of morpholine rings is 1. The predicted molar refractivity (Wildman–Crippen MR) is 106 cm³/mol. The molecule has 2 fully saturated rings. The fourth-order valence-corrected chi connectivity index (χ4v) is 3.92. The molecule has 2 aliphatic rings. The maximum Gasteiger partial charge on any atom is 0.403 e. The smallest absolute Gasteiger partial charge is 0.379 e. The number of hydrogen-bond donors (Lipinski definition) is 1. The Hall–Kier alpha value is -1.06. The molecule has 2 unspecified atom stereocenters. The molecule has 0 spiro atoms. The third-order valence-electron chi connectivity index (χ3n) is 5.65. The van der Waals surface area contributed by atoms with Crippen LogP contribution >= 0.6 is 0 Å². The predicted octanol–water partition coefficient (Wildman–Crippen LogP) is 1.88. The van der Waals surface area contributed by atoms with Crippen LogP contribution in [-0.4, -0.2) is 105 Å². The third kappa shape index (κ3) is 6.77. The first-order valence-electron chi connectivity index (χ1n) is 10.3. The highest BCUT2D eigenvalue weighted by Crippen LogP contribution is 2.25. The maximum atomic E-state index is 12.9. The number of hydrogen-bond acceptors (Lipinski definition) is 4. The van der Waals surface area contributed by atoms with Crippen LogP contribution in [-0.2, 0) is 4.74 Å². The van der Waals surface area contributed by atoms with Crippen LogP contribution in [0.15, 0.2) is 4.99 Å². The monoisotopic (exact) mass is 407 g/mol. The fraction of sp³-hybridized carbons (Fsp3) is 0.947. The molecule has 2 saturated heterocycles. The minimum absolute atomic E-state index is 0.389. The van der Waals surface area contributed by atoms with Crippen LogP contribution in [0.1, 0.15) is 27.2 Å². The summed E-state index contributed by atoms with van der Waals surface area (Å²) in [6.45, 7) is 11.8. The molecule has 1 N–H and O–H groups in total. The number of guanidine groups is 1. The van der Waals surface area contributed by atoms with E-state index in [0.29, 0.717) is 38.1 Å². The van der Waals surface area contributed by atoms with Crippen LogP contribution in [0.4, 0.5) is 13.2 Å². The fourth-order valence-electron chi connectivity index (χ4n) is 3.92. The van der Waals surface area contributed by atoms with Gasteiger partial charge >= 0.3 is 6.18 Å². The highest BCUT2D eigenvalue weighted by Gasteiger charge is 2.41. The van der Waals surface area contributed by atoms with Gasteiger partial charge < -0.3 is 15.0 Å². The summed E-state index contributed by atoms with van der Waals surface area (Å²) in [4.78, 5) is 10.4. The number of alkyl halides is 3. The van der Waals surface area contributed by atoms with Crippen LogP contribution in [0, 0.1) is 5.92 Å². The summed E-state index contributed by atoms with van der Waals surface area (Å²) < 4.78 is 44.3. The van der Waals surface area contributed by atoms with Gasteiger partial charge in [0.05, 0.1) is 13.2 Å². The summed E-state index contributed by atoms with van der Waals surface area (Å²) >= 11 is 0. The quantitative estimate of drug-likeness (QED) is 0.538. The summed E-state index contributed by atoms with van der Waals surface area (Å²) in [5, 5.41) is 3.47. The normalized spacial score (nSPS) is 23.1. The van der Waals surface area contributed by atoms with E-state index < -0.39 is 12.2 Å². The summed E-state index contributed by atoms with van der Waals surface area (Å²) in [7, 11) is 1.74. The number of ether oxygens (including phenoxy) is 1. The molecule has 0 aromatic carbocycles. The van der Waals surface area contributed by atoms with E-state index in [2.05, 4.69) is 34.0 Å². The third-order valence-corrected chi connectivity index (χ3v) is 5.65. The van der Waals surface area contributed by atoms with E-state index in [1.165, 1.54) is 11.8 Å². The summed E-state index contributed by atoms with van der Waals surface area (Å²) in [5.41, 5.74) is 0. The Balaban J connectivity index is 1.87. The van der Waals surface area contributed by atoms with E-state index >= 15 is 0 Å². The van der Waals surface area contributed by atoms with Crippen molar-refractivity contribution in [3.05, 3.63) is 0 Å². The zero-order chi connectivity index (χ0) is 20.7. The Morgan fingerprint density at radius 3 is 2.11 bits per heavy atom. The summed E-state index contributed by atoms with van der Waals surface area (Å²) in [6.07, 6.45) is -3.09. The van der Waals surface area contributed by atoms with Crippen LogP contribution in [0.3, 0.4) is 0 Å². The molecule has 2 aliphatic heterocycles. The molecule has 2 rings (SSSR count). The molecule has 0 amide bonds. The molecule has 2 heterocycles. The first kappa shape index (κ1) is 23.2. The highest BCUT2D eigenvalue weighted by molar-refractivity contribution is 5.80. The van der Waals surface area contributed by atoms with Crippen LogP contribution in [0.2, 0.25) is 0 Å². The highest BCUT2D eigenvalue weighted by atomic mass is 19.4. The van der Waals surface area contributed by atoms with Gasteiger partial charge in [0.2, 0.25) is 0 Å². The molecule has 0 aliphatic carbocycles. The first-order chi connectivity index (χ1) is 13.2. The molecule has 28 heavy (non-hydrogen) atoms. The molecule has 0 radical (unpaired) electrons. The molecule has 0 saturated carbocycles. The Morgan fingerprint density at radius 2 is 1.61 bits per heavy atom. The van der Waals surface area contributed by atoms with Gasteiger partial charge in [-0.25, -0.2) is 0 Å². The lowest BCUT2D eigenvalue weighted by Crippen LogP contribution is -2.58. The van der Waals surface area contributed by atoms with Gasteiger partial charge in [-0.3, -0.25) is 14.8 Å². The van der Waals surface area contributed by atoms with Crippen molar-refractivity contribution in [1.29, 1.82) is 0 Å². The second-order valence-electron chi connectivity index (χ2n) is 8.10. The number of nitrogens with zero attached hydrogens (tertiary/aromatic N) is 4. The minimum Gasteiger partial charge on any atom is -0.379 e. The average molecular weight is 408 g/mol. The van der Waals surface area contributed by atoms with Crippen molar-refractivity contribution < 1.29 is 17.9 Å². The second kappa shape index (κ2) is 10.6. The van der Waals surface area contributed by atoms with Crippen molar-refractivity contribution in [3.8, 4) is 0 Å². The molecule has 0 aromatic rings. The number of rotatable bonds is 6. The van der Waals surface area contributed by atoms with Crippen molar-refractivity contribution in [1.82, 2.24) is 20.0 Å².